The monoisotopic (exact) mass is 440 g/mol. The summed E-state index contributed by atoms with van der Waals surface area (Å²) in [6.45, 7) is 4.22. The topological polar surface area (TPSA) is 70.7 Å². The number of piperazine rings is 1. The van der Waals surface area contributed by atoms with E-state index in [1.165, 1.54) is 5.56 Å². The van der Waals surface area contributed by atoms with Gasteiger partial charge in [-0.25, -0.2) is 4.98 Å². The molecule has 0 spiro atoms. The summed E-state index contributed by atoms with van der Waals surface area (Å²) in [6, 6.07) is 21.8. The third-order valence-electron chi connectivity index (χ3n) is 6.28. The molecule has 1 amide bonds. The van der Waals surface area contributed by atoms with Crippen molar-refractivity contribution in [1.82, 2.24) is 19.8 Å². The van der Waals surface area contributed by atoms with Crippen LogP contribution >= 0.6 is 0 Å². The number of nitrogens with one attached hydrogen (secondary N) is 1. The van der Waals surface area contributed by atoms with Crippen LogP contribution in [0.4, 0.5) is 0 Å². The highest BCUT2D eigenvalue weighted by Gasteiger charge is 2.23. The highest BCUT2D eigenvalue weighted by Crippen LogP contribution is 2.33. The number of carbonyl (C=O) groups excluding carboxylic acids is 1. The van der Waals surface area contributed by atoms with E-state index in [-0.39, 0.29) is 12.7 Å². The van der Waals surface area contributed by atoms with Gasteiger partial charge in [0.25, 0.3) is 5.91 Å². The van der Waals surface area contributed by atoms with Crippen molar-refractivity contribution in [2.45, 2.75) is 6.54 Å². The van der Waals surface area contributed by atoms with Crippen molar-refractivity contribution >= 4 is 16.9 Å². The summed E-state index contributed by atoms with van der Waals surface area (Å²) in [7, 11) is 0. The predicted octanol–water partition coefficient (Wildman–Crippen LogP) is 3.92. The summed E-state index contributed by atoms with van der Waals surface area (Å²) in [5.74, 6) is 2.49. The summed E-state index contributed by atoms with van der Waals surface area (Å²) in [6.07, 6.45) is 0. The van der Waals surface area contributed by atoms with Gasteiger partial charge in [0.05, 0.1) is 11.0 Å². The second-order valence-electron chi connectivity index (χ2n) is 8.44. The van der Waals surface area contributed by atoms with Gasteiger partial charge in [-0.05, 0) is 35.9 Å². The Morgan fingerprint density at radius 1 is 0.909 bits per heavy atom. The zero-order valence-electron chi connectivity index (χ0n) is 18.2. The Morgan fingerprint density at radius 2 is 1.73 bits per heavy atom. The van der Waals surface area contributed by atoms with E-state index in [1.807, 2.05) is 65.6 Å². The minimum atomic E-state index is 0.0653. The highest BCUT2D eigenvalue weighted by molar-refractivity contribution is 5.97. The lowest BCUT2D eigenvalue weighted by Gasteiger charge is -2.34. The number of aromatic nitrogens is 2. The number of imidazole rings is 1. The molecule has 1 fully saturated rings. The van der Waals surface area contributed by atoms with Gasteiger partial charge < -0.3 is 19.4 Å². The fourth-order valence-corrected chi connectivity index (χ4v) is 4.46. The van der Waals surface area contributed by atoms with Gasteiger partial charge >= 0.3 is 0 Å². The average Bonchev–Trinajstić information content (AvgIpc) is 3.51. The largest absolute Gasteiger partial charge is 0.454 e. The Balaban J connectivity index is 1.11. The van der Waals surface area contributed by atoms with Crippen LogP contribution in [-0.2, 0) is 6.54 Å². The second kappa shape index (κ2) is 8.26. The maximum Gasteiger partial charge on any atom is 0.254 e. The molecule has 2 aliphatic heterocycles. The van der Waals surface area contributed by atoms with E-state index in [9.17, 15) is 4.79 Å². The van der Waals surface area contributed by atoms with Crippen molar-refractivity contribution in [1.29, 1.82) is 0 Å². The molecule has 3 aromatic carbocycles. The molecule has 6 rings (SSSR count). The summed E-state index contributed by atoms with van der Waals surface area (Å²) in [5.41, 5.74) is 4.65. The van der Waals surface area contributed by atoms with Crippen LogP contribution in [-0.4, -0.2) is 58.6 Å². The normalized spacial score (nSPS) is 15.8. The predicted molar refractivity (Wildman–Crippen MR) is 125 cm³/mol. The third-order valence-corrected chi connectivity index (χ3v) is 6.28. The van der Waals surface area contributed by atoms with Crippen molar-refractivity contribution < 1.29 is 14.3 Å². The van der Waals surface area contributed by atoms with Gasteiger partial charge in [0.1, 0.15) is 5.82 Å². The summed E-state index contributed by atoms with van der Waals surface area (Å²) in [5, 5.41) is 0. The SMILES string of the molecule is O=C(c1ccc2nc(-c3ccccc3)[nH]c2c1)N1CCN(Cc2ccc3c(c2)OCO3)CC1. The minimum Gasteiger partial charge on any atom is -0.454 e. The molecular weight excluding hydrogens is 416 g/mol. The number of ether oxygens (including phenoxy) is 2. The number of fused-ring (bicyclic) bond motifs is 2. The van der Waals surface area contributed by atoms with Gasteiger partial charge in [0.2, 0.25) is 6.79 Å². The van der Waals surface area contributed by atoms with Crippen LogP contribution in [0.2, 0.25) is 0 Å². The van der Waals surface area contributed by atoms with E-state index >= 15 is 0 Å². The third kappa shape index (κ3) is 3.91. The fourth-order valence-electron chi connectivity index (χ4n) is 4.46. The highest BCUT2D eigenvalue weighted by atomic mass is 16.7. The molecule has 1 N–H and O–H groups in total. The molecular formula is C26H24N4O3. The van der Waals surface area contributed by atoms with Crippen molar-refractivity contribution in [3.05, 3.63) is 77.9 Å². The smallest absolute Gasteiger partial charge is 0.254 e. The van der Waals surface area contributed by atoms with Gasteiger partial charge in [0, 0.05) is 43.9 Å². The lowest BCUT2D eigenvalue weighted by atomic mass is 10.1. The first-order valence-electron chi connectivity index (χ1n) is 11.2. The summed E-state index contributed by atoms with van der Waals surface area (Å²) < 4.78 is 10.9. The van der Waals surface area contributed by atoms with E-state index in [0.717, 1.165) is 53.6 Å². The van der Waals surface area contributed by atoms with Crippen LogP contribution < -0.4 is 9.47 Å². The summed E-state index contributed by atoms with van der Waals surface area (Å²) >= 11 is 0. The molecule has 2 aliphatic rings. The molecule has 7 heteroatoms. The van der Waals surface area contributed by atoms with Gasteiger partial charge in [-0.1, -0.05) is 36.4 Å². The van der Waals surface area contributed by atoms with E-state index in [2.05, 4.69) is 20.9 Å². The number of H-pyrrole nitrogens is 1. The first-order chi connectivity index (χ1) is 16.2. The van der Waals surface area contributed by atoms with Crippen LogP contribution in [0.1, 0.15) is 15.9 Å². The van der Waals surface area contributed by atoms with E-state index in [0.29, 0.717) is 18.7 Å². The number of nitrogens with zero attached hydrogens (tertiary/aromatic N) is 3. The zero-order valence-corrected chi connectivity index (χ0v) is 18.2. The number of amides is 1. The Morgan fingerprint density at radius 3 is 2.58 bits per heavy atom. The number of aromatic amines is 1. The average molecular weight is 441 g/mol. The molecule has 0 radical (unpaired) electrons. The first kappa shape index (κ1) is 19.8. The standard InChI is InChI=1S/C26H24N4O3/c31-26(20-7-8-21-22(15-20)28-25(27-21)19-4-2-1-3-5-19)30-12-10-29(11-13-30)16-18-6-9-23-24(14-18)33-17-32-23/h1-9,14-15H,10-13,16-17H2,(H,27,28). The molecule has 166 valence electrons. The molecule has 3 heterocycles. The van der Waals surface area contributed by atoms with Crippen LogP contribution in [0.3, 0.4) is 0 Å². The number of rotatable bonds is 4. The minimum absolute atomic E-state index is 0.0653. The summed E-state index contributed by atoms with van der Waals surface area (Å²) in [4.78, 5) is 25.5. The number of hydrogen-bond donors (Lipinski definition) is 1. The van der Waals surface area contributed by atoms with E-state index in [1.54, 1.807) is 0 Å². The molecule has 0 atom stereocenters. The lowest BCUT2D eigenvalue weighted by Crippen LogP contribution is -2.48. The van der Waals surface area contributed by atoms with Gasteiger partial charge in [-0.15, -0.1) is 0 Å². The molecule has 7 nitrogen and oxygen atoms in total. The Hall–Kier alpha value is -3.84. The van der Waals surface area contributed by atoms with E-state index < -0.39 is 0 Å². The van der Waals surface area contributed by atoms with Crippen LogP contribution in [0, 0.1) is 0 Å². The molecule has 0 bridgehead atoms. The molecule has 1 aromatic heterocycles. The van der Waals surface area contributed by atoms with Gasteiger partial charge in [0.15, 0.2) is 11.5 Å². The molecule has 33 heavy (non-hydrogen) atoms. The molecule has 0 unspecified atom stereocenters. The van der Waals surface area contributed by atoms with Crippen molar-refractivity contribution in [3.63, 3.8) is 0 Å². The quantitative estimate of drug-likeness (QED) is 0.521. The maximum absolute atomic E-state index is 13.2. The second-order valence-corrected chi connectivity index (χ2v) is 8.44. The zero-order chi connectivity index (χ0) is 22.2. The number of carbonyl (C=O) groups is 1. The maximum atomic E-state index is 13.2. The Labute approximate surface area is 191 Å². The molecule has 0 saturated carbocycles. The van der Waals surface area contributed by atoms with Crippen molar-refractivity contribution in [3.8, 4) is 22.9 Å². The Kier molecular flexibility index (Phi) is 4.96. The molecule has 1 saturated heterocycles. The number of benzene rings is 3. The van der Waals surface area contributed by atoms with Crippen LogP contribution in [0.25, 0.3) is 22.4 Å². The van der Waals surface area contributed by atoms with Crippen LogP contribution in [0.5, 0.6) is 11.5 Å². The van der Waals surface area contributed by atoms with Crippen LogP contribution in [0.15, 0.2) is 66.7 Å². The van der Waals surface area contributed by atoms with Crippen molar-refractivity contribution in [2.24, 2.45) is 0 Å². The Bertz CT molecular complexity index is 1310. The van der Waals surface area contributed by atoms with Gasteiger partial charge in [-0.2, -0.15) is 0 Å². The van der Waals surface area contributed by atoms with E-state index in [4.69, 9.17) is 9.47 Å². The fraction of sp³-hybridized carbons (Fsp3) is 0.231. The number of hydrogen-bond acceptors (Lipinski definition) is 5. The molecule has 0 aliphatic carbocycles. The lowest BCUT2D eigenvalue weighted by molar-refractivity contribution is 0.0628. The first-order valence-corrected chi connectivity index (χ1v) is 11.2. The molecule has 4 aromatic rings. The van der Waals surface area contributed by atoms with Crippen molar-refractivity contribution in [2.75, 3.05) is 33.0 Å². The van der Waals surface area contributed by atoms with Gasteiger partial charge in [-0.3, -0.25) is 9.69 Å².